The minimum absolute atomic E-state index is 0.0767. The Morgan fingerprint density at radius 3 is 3.12 bits per heavy atom. The van der Waals surface area contributed by atoms with Crippen molar-refractivity contribution in [3.8, 4) is 0 Å². The first-order chi connectivity index (χ1) is 7.76. The maximum Gasteiger partial charge on any atom is 0.165 e. The molecule has 0 aromatic carbocycles. The molecule has 90 valence electrons. The number of rotatable bonds is 5. The van der Waals surface area contributed by atoms with Gasteiger partial charge in [-0.1, -0.05) is 6.92 Å². The number of hydrogen-bond acceptors (Lipinski definition) is 5. The van der Waals surface area contributed by atoms with Gasteiger partial charge in [0.15, 0.2) is 5.82 Å². The molecule has 0 radical (unpaired) electrons. The second kappa shape index (κ2) is 4.88. The van der Waals surface area contributed by atoms with Gasteiger partial charge in [-0.15, -0.1) is 5.10 Å². The quantitative estimate of drug-likeness (QED) is 0.731. The molecule has 1 aromatic heterocycles. The maximum atomic E-state index is 5.43. The van der Waals surface area contributed by atoms with E-state index >= 15 is 0 Å². The molecule has 0 aliphatic carbocycles. The van der Waals surface area contributed by atoms with E-state index in [2.05, 4.69) is 34.7 Å². The highest BCUT2D eigenvalue weighted by atomic mass is 16.5. The van der Waals surface area contributed by atoms with Crippen LogP contribution < -0.4 is 5.32 Å². The van der Waals surface area contributed by atoms with E-state index in [9.17, 15) is 0 Å². The number of tetrazole rings is 1. The van der Waals surface area contributed by atoms with E-state index in [1.807, 2.05) is 4.68 Å². The van der Waals surface area contributed by atoms with Crippen molar-refractivity contribution in [1.82, 2.24) is 25.5 Å². The highest BCUT2D eigenvalue weighted by Crippen LogP contribution is 2.26. The average molecular weight is 225 g/mol. The smallest absolute Gasteiger partial charge is 0.165 e. The second-order valence-corrected chi connectivity index (χ2v) is 4.48. The topological polar surface area (TPSA) is 64.9 Å². The van der Waals surface area contributed by atoms with E-state index in [4.69, 9.17) is 4.74 Å². The molecule has 1 aliphatic rings. The van der Waals surface area contributed by atoms with E-state index in [1.54, 1.807) is 0 Å². The number of ether oxygens (including phenoxy) is 1. The van der Waals surface area contributed by atoms with Crippen LogP contribution in [-0.2, 0) is 16.8 Å². The summed E-state index contributed by atoms with van der Waals surface area (Å²) in [5, 5.41) is 15.2. The summed E-state index contributed by atoms with van der Waals surface area (Å²) < 4.78 is 7.33. The summed E-state index contributed by atoms with van der Waals surface area (Å²) in [4.78, 5) is 0. The number of nitrogens with zero attached hydrogens (tertiary/aromatic N) is 4. The Kier molecular flexibility index (Phi) is 3.50. The third-order valence-electron chi connectivity index (χ3n) is 2.95. The van der Waals surface area contributed by atoms with Crippen LogP contribution in [0.25, 0.3) is 0 Å². The molecule has 0 spiro atoms. The largest absolute Gasteiger partial charge is 0.379 e. The third kappa shape index (κ3) is 2.22. The van der Waals surface area contributed by atoms with Crippen LogP contribution in [-0.4, -0.2) is 40.0 Å². The summed E-state index contributed by atoms with van der Waals surface area (Å²) in [7, 11) is 0. The Balaban J connectivity index is 2.06. The molecule has 0 bridgehead atoms. The first kappa shape index (κ1) is 11.5. The Hall–Kier alpha value is -1.01. The predicted molar refractivity (Wildman–Crippen MR) is 58.9 cm³/mol. The summed E-state index contributed by atoms with van der Waals surface area (Å²) in [6.07, 6.45) is 2.08. The van der Waals surface area contributed by atoms with Gasteiger partial charge in [0.05, 0.1) is 18.7 Å². The normalized spacial score (nSPS) is 25.1. The number of hydrogen-bond donors (Lipinski definition) is 1. The third-order valence-corrected chi connectivity index (χ3v) is 2.95. The molecule has 6 nitrogen and oxygen atoms in total. The summed E-state index contributed by atoms with van der Waals surface area (Å²) in [5.41, 5.74) is -0.0767. The summed E-state index contributed by atoms with van der Waals surface area (Å²) >= 11 is 0. The molecule has 0 amide bonds. The highest BCUT2D eigenvalue weighted by Gasteiger charge is 2.34. The van der Waals surface area contributed by atoms with Crippen molar-refractivity contribution in [2.24, 2.45) is 0 Å². The van der Waals surface area contributed by atoms with Crippen LogP contribution in [0.15, 0.2) is 0 Å². The molecule has 1 fully saturated rings. The van der Waals surface area contributed by atoms with E-state index in [1.165, 1.54) is 0 Å². The Morgan fingerprint density at radius 2 is 2.44 bits per heavy atom. The Morgan fingerprint density at radius 1 is 1.56 bits per heavy atom. The fraction of sp³-hybridized carbons (Fsp3) is 0.900. The van der Waals surface area contributed by atoms with E-state index in [-0.39, 0.29) is 5.54 Å². The Labute approximate surface area is 95.4 Å². The van der Waals surface area contributed by atoms with Crippen LogP contribution >= 0.6 is 0 Å². The first-order valence-corrected chi connectivity index (χ1v) is 5.82. The minimum atomic E-state index is -0.0767. The highest BCUT2D eigenvalue weighted by molar-refractivity contribution is 4.92. The van der Waals surface area contributed by atoms with Crippen LogP contribution in [0.4, 0.5) is 0 Å². The average Bonchev–Trinajstić information content (AvgIpc) is 2.88. The molecule has 1 atom stereocenters. The summed E-state index contributed by atoms with van der Waals surface area (Å²) in [6, 6.07) is 0. The van der Waals surface area contributed by atoms with Crippen molar-refractivity contribution in [3.05, 3.63) is 5.82 Å². The zero-order chi connectivity index (χ0) is 11.4. The molecule has 1 unspecified atom stereocenters. The Bertz CT molecular complexity index is 332. The van der Waals surface area contributed by atoms with Gasteiger partial charge in [0, 0.05) is 6.61 Å². The van der Waals surface area contributed by atoms with E-state index < -0.39 is 0 Å². The molecule has 16 heavy (non-hydrogen) atoms. The van der Waals surface area contributed by atoms with Crippen molar-refractivity contribution in [2.75, 3.05) is 19.8 Å². The lowest BCUT2D eigenvalue weighted by molar-refractivity contribution is 0.152. The van der Waals surface area contributed by atoms with E-state index in [0.29, 0.717) is 6.61 Å². The molecule has 1 N–H and O–H groups in total. The van der Waals surface area contributed by atoms with Gasteiger partial charge in [-0.05, 0) is 36.7 Å². The van der Waals surface area contributed by atoms with Gasteiger partial charge in [0.2, 0.25) is 0 Å². The van der Waals surface area contributed by atoms with Gasteiger partial charge < -0.3 is 10.1 Å². The monoisotopic (exact) mass is 225 g/mol. The number of aromatic nitrogens is 4. The van der Waals surface area contributed by atoms with Gasteiger partial charge in [-0.25, -0.2) is 4.68 Å². The molecule has 2 rings (SSSR count). The lowest BCUT2D eigenvalue weighted by Crippen LogP contribution is -2.34. The molecule has 6 heteroatoms. The lowest BCUT2D eigenvalue weighted by Gasteiger charge is -2.22. The van der Waals surface area contributed by atoms with Crippen LogP contribution in [0, 0.1) is 0 Å². The van der Waals surface area contributed by atoms with Gasteiger partial charge in [-0.3, -0.25) is 0 Å². The zero-order valence-corrected chi connectivity index (χ0v) is 9.94. The fourth-order valence-corrected chi connectivity index (χ4v) is 1.94. The molecule has 2 heterocycles. The first-order valence-electron chi connectivity index (χ1n) is 5.82. The molecule has 1 aromatic rings. The zero-order valence-electron chi connectivity index (χ0n) is 9.94. The predicted octanol–water partition coefficient (Wildman–Crippen LogP) is 0.308. The van der Waals surface area contributed by atoms with Crippen molar-refractivity contribution in [1.29, 1.82) is 0 Å². The van der Waals surface area contributed by atoms with Crippen LogP contribution in [0.1, 0.15) is 32.5 Å². The van der Waals surface area contributed by atoms with Gasteiger partial charge in [0.1, 0.15) is 0 Å². The summed E-state index contributed by atoms with van der Waals surface area (Å²) in [6.45, 7) is 7.47. The van der Waals surface area contributed by atoms with Crippen LogP contribution in [0.2, 0.25) is 0 Å². The maximum absolute atomic E-state index is 5.43. The molecular weight excluding hydrogens is 206 g/mol. The minimum Gasteiger partial charge on any atom is -0.379 e. The van der Waals surface area contributed by atoms with Gasteiger partial charge in [-0.2, -0.15) is 0 Å². The van der Waals surface area contributed by atoms with Gasteiger partial charge in [0.25, 0.3) is 0 Å². The SMILES string of the molecule is CCCNCc1nnnn1C1(C)CCOC1. The van der Waals surface area contributed by atoms with Crippen molar-refractivity contribution in [2.45, 2.75) is 38.8 Å². The second-order valence-electron chi connectivity index (χ2n) is 4.48. The number of nitrogens with one attached hydrogen (secondary N) is 1. The van der Waals surface area contributed by atoms with Crippen molar-refractivity contribution < 1.29 is 4.74 Å². The fourth-order valence-electron chi connectivity index (χ4n) is 1.94. The molecule has 0 saturated carbocycles. The standard InChI is InChI=1S/C10H19N5O/c1-3-5-11-7-9-12-13-14-15(9)10(2)4-6-16-8-10/h11H,3-8H2,1-2H3. The van der Waals surface area contributed by atoms with Crippen molar-refractivity contribution >= 4 is 0 Å². The molecule has 1 aliphatic heterocycles. The lowest BCUT2D eigenvalue weighted by atomic mass is 10.0. The molecular formula is C10H19N5O. The summed E-state index contributed by atoms with van der Waals surface area (Å²) in [5.74, 6) is 0.890. The van der Waals surface area contributed by atoms with Gasteiger partial charge >= 0.3 is 0 Å². The van der Waals surface area contributed by atoms with Crippen LogP contribution in [0.5, 0.6) is 0 Å². The van der Waals surface area contributed by atoms with Crippen molar-refractivity contribution in [3.63, 3.8) is 0 Å². The van der Waals surface area contributed by atoms with E-state index in [0.717, 1.165) is 38.4 Å². The van der Waals surface area contributed by atoms with Crippen LogP contribution in [0.3, 0.4) is 0 Å². The molecule has 1 saturated heterocycles.